The number of anilines is 1. The van der Waals surface area contributed by atoms with Crippen LogP contribution in [0.5, 0.6) is 5.75 Å². The Balaban J connectivity index is 2.37. The molecule has 1 aromatic heterocycles. The SMILES string of the molecule is COc1c(Cl)ccc(Cl)c1C(=O)Nc1cncc(C)c1. The molecule has 1 aromatic carbocycles. The lowest BCUT2D eigenvalue weighted by atomic mass is 10.1. The second kappa shape index (κ2) is 6.11. The van der Waals surface area contributed by atoms with Gasteiger partial charge in [0.1, 0.15) is 5.56 Å². The van der Waals surface area contributed by atoms with Crippen LogP contribution in [-0.4, -0.2) is 18.0 Å². The van der Waals surface area contributed by atoms with Crippen molar-refractivity contribution in [3.8, 4) is 5.75 Å². The van der Waals surface area contributed by atoms with Crippen molar-refractivity contribution in [2.24, 2.45) is 0 Å². The monoisotopic (exact) mass is 310 g/mol. The van der Waals surface area contributed by atoms with Gasteiger partial charge < -0.3 is 10.1 Å². The number of ether oxygens (including phenoxy) is 1. The number of hydrogen-bond acceptors (Lipinski definition) is 3. The molecule has 2 rings (SSSR count). The van der Waals surface area contributed by atoms with Crippen molar-refractivity contribution in [3.05, 3.63) is 51.8 Å². The van der Waals surface area contributed by atoms with Gasteiger partial charge in [-0.15, -0.1) is 0 Å². The molecule has 0 aliphatic heterocycles. The lowest BCUT2D eigenvalue weighted by Crippen LogP contribution is -2.14. The molecule has 104 valence electrons. The van der Waals surface area contributed by atoms with E-state index in [0.717, 1.165) is 5.56 Å². The van der Waals surface area contributed by atoms with Gasteiger partial charge >= 0.3 is 0 Å². The van der Waals surface area contributed by atoms with E-state index in [4.69, 9.17) is 27.9 Å². The predicted molar refractivity (Wildman–Crippen MR) is 79.9 cm³/mol. The average Bonchev–Trinajstić information content (AvgIpc) is 2.40. The maximum absolute atomic E-state index is 12.3. The van der Waals surface area contributed by atoms with Gasteiger partial charge in [-0.25, -0.2) is 0 Å². The number of carbonyl (C=O) groups is 1. The summed E-state index contributed by atoms with van der Waals surface area (Å²) in [6.07, 6.45) is 3.25. The molecule has 0 spiro atoms. The van der Waals surface area contributed by atoms with Crippen molar-refractivity contribution >= 4 is 34.8 Å². The van der Waals surface area contributed by atoms with Gasteiger partial charge in [-0.1, -0.05) is 23.2 Å². The van der Waals surface area contributed by atoms with Gasteiger partial charge in [0.15, 0.2) is 5.75 Å². The Labute approximate surface area is 126 Å². The molecule has 0 radical (unpaired) electrons. The molecule has 6 heteroatoms. The zero-order chi connectivity index (χ0) is 14.7. The number of hydrogen-bond donors (Lipinski definition) is 1. The molecule has 0 atom stereocenters. The lowest BCUT2D eigenvalue weighted by Gasteiger charge is -2.12. The van der Waals surface area contributed by atoms with Crippen LogP contribution >= 0.6 is 23.2 Å². The summed E-state index contributed by atoms with van der Waals surface area (Å²) in [6, 6.07) is 4.93. The number of methoxy groups -OCH3 is 1. The molecule has 20 heavy (non-hydrogen) atoms. The number of halogens is 2. The first kappa shape index (κ1) is 14.6. The molecule has 1 amide bonds. The maximum Gasteiger partial charge on any atom is 0.261 e. The van der Waals surface area contributed by atoms with Crippen LogP contribution in [0.3, 0.4) is 0 Å². The van der Waals surface area contributed by atoms with Crippen molar-refractivity contribution in [1.29, 1.82) is 0 Å². The Morgan fingerprint density at radius 3 is 2.60 bits per heavy atom. The van der Waals surface area contributed by atoms with Crippen LogP contribution in [0, 0.1) is 6.92 Å². The van der Waals surface area contributed by atoms with E-state index < -0.39 is 5.91 Å². The van der Waals surface area contributed by atoms with Gasteiger partial charge in [0, 0.05) is 6.20 Å². The van der Waals surface area contributed by atoms with Crippen LogP contribution in [0.2, 0.25) is 10.0 Å². The third kappa shape index (κ3) is 3.03. The van der Waals surface area contributed by atoms with E-state index in [0.29, 0.717) is 10.7 Å². The summed E-state index contributed by atoms with van der Waals surface area (Å²) in [5.41, 5.74) is 1.71. The summed E-state index contributed by atoms with van der Waals surface area (Å²) < 4.78 is 5.15. The molecule has 0 bridgehead atoms. The zero-order valence-corrected chi connectivity index (χ0v) is 12.4. The Hall–Kier alpha value is -1.78. The first-order chi connectivity index (χ1) is 9.52. The summed E-state index contributed by atoms with van der Waals surface area (Å²) in [7, 11) is 1.43. The number of aryl methyl sites for hydroxylation is 1. The standard InChI is InChI=1S/C14H12Cl2N2O2/c1-8-5-9(7-17-6-8)18-14(19)12-10(15)3-4-11(16)13(12)20-2/h3-7H,1-2H3,(H,18,19). The summed E-state index contributed by atoms with van der Waals surface area (Å²) >= 11 is 12.1. The molecule has 0 aliphatic rings. The summed E-state index contributed by atoms with van der Waals surface area (Å²) in [5.74, 6) is -0.154. The summed E-state index contributed by atoms with van der Waals surface area (Å²) in [5, 5.41) is 3.31. The molecule has 0 unspecified atom stereocenters. The fourth-order valence-corrected chi connectivity index (χ4v) is 2.23. The number of nitrogens with zero attached hydrogens (tertiary/aromatic N) is 1. The van der Waals surface area contributed by atoms with Gasteiger partial charge in [-0.05, 0) is 30.7 Å². The molecule has 0 fully saturated rings. The fraction of sp³-hybridized carbons (Fsp3) is 0.143. The van der Waals surface area contributed by atoms with Crippen LogP contribution in [-0.2, 0) is 0 Å². The van der Waals surface area contributed by atoms with Crippen molar-refractivity contribution in [1.82, 2.24) is 4.98 Å². The quantitative estimate of drug-likeness (QED) is 0.933. The van der Waals surface area contributed by atoms with Gasteiger partial charge in [0.2, 0.25) is 0 Å². The maximum atomic E-state index is 12.3. The smallest absolute Gasteiger partial charge is 0.261 e. The highest BCUT2D eigenvalue weighted by atomic mass is 35.5. The van der Waals surface area contributed by atoms with Crippen molar-refractivity contribution in [2.45, 2.75) is 6.92 Å². The number of pyridine rings is 1. The van der Waals surface area contributed by atoms with E-state index in [-0.39, 0.29) is 16.3 Å². The molecular formula is C14H12Cl2N2O2. The Morgan fingerprint density at radius 2 is 1.95 bits per heavy atom. The van der Waals surface area contributed by atoms with Gasteiger partial charge in [-0.2, -0.15) is 0 Å². The third-order valence-corrected chi connectivity index (χ3v) is 3.24. The molecule has 0 saturated carbocycles. The number of aromatic nitrogens is 1. The average molecular weight is 311 g/mol. The van der Waals surface area contributed by atoms with Crippen LogP contribution in [0.25, 0.3) is 0 Å². The van der Waals surface area contributed by atoms with Crippen LogP contribution in [0.15, 0.2) is 30.6 Å². The number of amides is 1. The highest BCUT2D eigenvalue weighted by molar-refractivity contribution is 6.37. The van der Waals surface area contributed by atoms with Gasteiger partial charge in [-0.3, -0.25) is 9.78 Å². The number of carbonyl (C=O) groups excluding carboxylic acids is 1. The summed E-state index contributed by atoms with van der Waals surface area (Å²) in [6.45, 7) is 1.88. The second-order valence-electron chi connectivity index (χ2n) is 4.14. The van der Waals surface area contributed by atoms with E-state index in [9.17, 15) is 4.79 Å². The van der Waals surface area contributed by atoms with Crippen molar-refractivity contribution < 1.29 is 9.53 Å². The third-order valence-electron chi connectivity index (χ3n) is 2.62. The lowest BCUT2D eigenvalue weighted by molar-refractivity contribution is 0.102. The second-order valence-corrected chi connectivity index (χ2v) is 4.96. The number of benzene rings is 1. The van der Waals surface area contributed by atoms with Crippen LogP contribution in [0.4, 0.5) is 5.69 Å². The molecule has 1 heterocycles. The van der Waals surface area contributed by atoms with E-state index in [1.165, 1.54) is 7.11 Å². The van der Waals surface area contributed by atoms with Gasteiger partial charge in [0.25, 0.3) is 5.91 Å². The molecule has 2 aromatic rings. The van der Waals surface area contributed by atoms with E-state index in [1.807, 2.05) is 6.92 Å². The minimum absolute atomic E-state index is 0.197. The molecule has 1 N–H and O–H groups in total. The number of rotatable bonds is 3. The summed E-state index contributed by atoms with van der Waals surface area (Å²) in [4.78, 5) is 16.3. The Bertz CT molecular complexity index is 660. The highest BCUT2D eigenvalue weighted by Gasteiger charge is 2.19. The van der Waals surface area contributed by atoms with Crippen molar-refractivity contribution in [2.75, 3.05) is 12.4 Å². The molecule has 0 aliphatic carbocycles. The fourth-order valence-electron chi connectivity index (χ4n) is 1.76. The molecule has 0 saturated heterocycles. The topological polar surface area (TPSA) is 51.2 Å². The first-order valence-electron chi connectivity index (χ1n) is 5.78. The van der Waals surface area contributed by atoms with E-state index in [1.54, 1.807) is 30.6 Å². The van der Waals surface area contributed by atoms with Gasteiger partial charge in [0.05, 0.1) is 29.0 Å². The predicted octanol–water partition coefficient (Wildman–Crippen LogP) is 3.96. The van der Waals surface area contributed by atoms with Crippen LogP contribution < -0.4 is 10.1 Å². The van der Waals surface area contributed by atoms with E-state index in [2.05, 4.69) is 10.3 Å². The Kier molecular flexibility index (Phi) is 4.47. The van der Waals surface area contributed by atoms with Crippen LogP contribution in [0.1, 0.15) is 15.9 Å². The largest absolute Gasteiger partial charge is 0.494 e. The minimum Gasteiger partial charge on any atom is -0.494 e. The van der Waals surface area contributed by atoms with Crippen molar-refractivity contribution in [3.63, 3.8) is 0 Å². The first-order valence-corrected chi connectivity index (χ1v) is 6.53. The zero-order valence-electron chi connectivity index (χ0n) is 10.9. The molecule has 4 nitrogen and oxygen atoms in total. The normalized spacial score (nSPS) is 10.2. The Morgan fingerprint density at radius 1 is 1.25 bits per heavy atom. The van der Waals surface area contributed by atoms with E-state index >= 15 is 0 Å². The molecular weight excluding hydrogens is 299 g/mol. The minimum atomic E-state index is -0.401. The number of nitrogens with one attached hydrogen (secondary N) is 1. The highest BCUT2D eigenvalue weighted by Crippen LogP contribution is 2.34.